The molecule has 1 aliphatic heterocycles. The number of aromatic nitrogens is 1. The van der Waals surface area contributed by atoms with E-state index in [1.165, 1.54) is 6.07 Å². The molecule has 10 heteroatoms. The van der Waals surface area contributed by atoms with Gasteiger partial charge in [0.05, 0.1) is 16.1 Å². The number of halogens is 1. The van der Waals surface area contributed by atoms with Crippen LogP contribution in [0.25, 0.3) is 11.3 Å². The lowest BCUT2D eigenvalue weighted by Crippen LogP contribution is -2.10. The number of thiazole rings is 1. The maximum Gasteiger partial charge on any atom is 0.277 e. The van der Waals surface area contributed by atoms with Gasteiger partial charge in [-0.05, 0) is 26.7 Å². The number of fused-ring (bicyclic) bond motifs is 3. The maximum absolute atomic E-state index is 14.2. The Bertz CT molecular complexity index is 996. The molecule has 2 atom stereocenters. The van der Waals surface area contributed by atoms with Gasteiger partial charge in [0.1, 0.15) is 24.3 Å². The van der Waals surface area contributed by atoms with E-state index in [0.29, 0.717) is 10.4 Å². The molecule has 30 heavy (non-hydrogen) atoms. The second-order valence-electron chi connectivity index (χ2n) is 6.50. The van der Waals surface area contributed by atoms with Crippen molar-refractivity contribution in [1.29, 1.82) is 0 Å². The van der Waals surface area contributed by atoms with E-state index in [2.05, 4.69) is 42.7 Å². The molecule has 8 nitrogen and oxygen atoms in total. The van der Waals surface area contributed by atoms with Crippen molar-refractivity contribution in [3.05, 3.63) is 33.4 Å². The molecule has 0 saturated carbocycles. The van der Waals surface area contributed by atoms with E-state index in [-0.39, 0.29) is 34.9 Å². The summed E-state index contributed by atoms with van der Waals surface area (Å²) in [7, 11) is 4.11. The number of nitrogens with zero attached hydrogens (tertiary/aromatic N) is 2. The third kappa shape index (κ3) is 5.61. The second-order valence-corrected chi connectivity index (χ2v) is 7.53. The van der Waals surface area contributed by atoms with Crippen LogP contribution in [-0.2, 0) is 4.79 Å². The lowest BCUT2D eigenvalue weighted by molar-refractivity contribution is -0.112. The van der Waals surface area contributed by atoms with Crippen molar-refractivity contribution in [1.82, 2.24) is 9.88 Å². The Morgan fingerprint density at radius 2 is 2.20 bits per heavy atom. The number of nitrogens with two attached hydrogens (primary N) is 1. The van der Waals surface area contributed by atoms with Gasteiger partial charge in [0.15, 0.2) is 17.4 Å². The summed E-state index contributed by atoms with van der Waals surface area (Å²) in [6.07, 6.45) is -2.37. The highest BCUT2D eigenvalue weighted by Crippen LogP contribution is 2.41. The lowest BCUT2D eigenvalue weighted by Gasteiger charge is -2.09. The van der Waals surface area contributed by atoms with Crippen molar-refractivity contribution in [2.75, 3.05) is 27.2 Å². The fourth-order valence-corrected chi connectivity index (χ4v) is 3.14. The molecule has 0 radical (unpaired) electrons. The van der Waals surface area contributed by atoms with Crippen LogP contribution < -0.4 is 10.5 Å². The molecule has 1 aromatic carbocycles. The van der Waals surface area contributed by atoms with Gasteiger partial charge in [-0.1, -0.05) is 18.8 Å². The van der Waals surface area contributed by atoms with Gasteiger partial charge >= 0.3 is 0 Å². The van der Waals surface area contributed by atoms with Crippen molar-refractivity contribution >= 4 is 23.5 Å². The number of aldehydes is 1. The second kappa shape index (κ2) is 10.3. The number of benzene rings is 1. The number of primary amides is 1. The molecule has 4 N–H and O–H groups in total. The molecule has 2 aromatic rings. The van der Waals surface area contributed by atoms with Gasteiger partial charge < -0.3 is 25.6 Å². The Balaban J connectivity index is 0.000000575. The first kappa shape index (κ1) is 23.4. The first-order chi connectivity index (χ1) is 14.2. The van der Waals surface area contributed by atoms with Crippen molar-refractivity contribution in [2.24, 2.45) is 5.73 Å². The van der Waals surface area contributed by atoms with Gasteiger partial charge in [-0.3, -0.25) is 9.59 Å². The van der Waals surface area contributed by atoms with E-state index in [1.807, 2.05) is 0 Å². The van der Waals surface area contributed by atoms with Crippen molar-refractivity contribution in [2.45, 2.75) is 19.1 Å². The maximum atomic E-state index is 14.2. The number of carbonyl (C=O) groups excluding carboxylic acids is 2. The van der Waals surface area contributed by atoms with Crippen LogP contribution in [0.1, 0.15) is 33.3 Å². The molecule has 2 unspecified atom stereocenters. The molecule has 0 aliphatic carbocycles. The van der Waals surface area contributed by atoms with Crippen LogP contribution in [0, 0.1) is 17.7 Å². The summed E-state index contributed by atoms with van der Waals surface area (Å²) in [4.78, 5) is 28.4. The highest BCUT2D eigenvalue weighted by molar-refractivity contribution is 7.14. The van der Waals surface area contributed by atoms with Gasteiger partial charge in [0, 0.05) is 11.6 Å². The summed E-state index contributed by atoms with van der Waals surface area (Å²) in [6, 6.07) is 2.38. The Hall–Kier alpha value is -2.84. The fraction of sp³-hybridized carbons (Fsp3) is 0.350. The van der Waals surface area contributed by atoms with Crippen LogP contribution in [0.4, 0.5) is 4.39 Å². The topological polar surface area (TPSA) is 126 Å². The quantitative estimate of drug-likeness (QED) is 0.484. The Kier molecular flexibility index (Phi) is 8.02. The standard InChI is InChI=1S/C16H11FN2O5S.C4H11N/c17-10-4-12-9(3-7(10)1-2-8(21)5-20)13-14(11(22)6-24-12)25-16(19-13)15(18)23;1-4-5(2)3/h3-5,8,11,21-22H,6H2,(H2,18,23);4H2,1-3H3. The summed E-state index contributed by atoms with van der Waals surface area (Å²) >= 11 is 0.929. The summed E-state index contributed by atoms with van der Waals surface area (Å²) in [5.41, 5.74) is 5.70. The van der Waals surface area contributed by atoms with Gasteiger partial charge in [0.2, 0.25) is 0 Å². The molecule has 0 spiro atoms. The van der Waals surface area contributed by atoms with E-state index in [9.17, 15) is 19.1 Å². The van der Waals surface area contributed by atoms with Crippen LogP contribution in [0.3, 0.4) is 0 Å². The minimum Gasteiger partial charge on any atom is -0.490 e. The minimum absolute atomic E-state index is 0.00485. The number of amides is 1. The third-order valence-electron chi connectivity index (χ3n) is 4.00. The number of aliphatic hydroxyl groups excluding tert-OH is 2. The Morgan fingerprint density at radius 1 is 1.53 bits per heavy atom. The fourth-order valence-electron chi connectivity index (χ4n) is 2.24. The molecule has 1 aromatic heterocycles. The van der Waals surface area contributed by atoms with Gasteiger partial charge in [-0.25, -0.2) is 9.37 Å². The number of rotatable bonds is 3. The summed E-state index contributed by atoms with van der Waals surface area (Å²) in [5, 5.41) is 19.3. The first-order valence-corrected chi connectivity index (χ1v) is 9.74. The SMILES string of the molecule is CCN(C)C.NC(=O)c1nc2c(s1)C(O)COc1cc(F)c(C#CC(O)C=O)cc1-2. The van der Waals surface area contributed by atoms with E-state index < -0.39 is 23.9 Å². The largest absolute Gasteiger partial charge is 0.490 e. The summed E-state index contributed by atoms with van der Waals surface area (Å²) in [5.74, 6) is 3.20. The molecule has 3 rings (SSSR count). The lowest BCUT2D eigenvalue weighted by atomic mass is 10.0. The number of hydrogen-bond acceptors (Lipinski definition) is 8. The molecule has 1 aliphatic rings. The van der Waals surface area contributed by atoms with Gasteiger partial charge in [0.25, 0.3) is 5.91 Å². The molecule has 0 saturated heterocycles. The zero-order chi connectivity index (χ0) is 22.4. The average molecular weight is 435 g/mol. The zero-order valence-electron chi connectivity index (χ0n) is 16.7. The molecule has 0 fully saturated rings. The zero-order valence-corrected chi connectivity index (χ0v) is 17.5. The number of carbonyl (C=O) groups is 2. The van der Waals surface area contributed by atoms with Gasteiger partial charge in [-0.15, -0.1) is 11.3 Å². The van der Waals surface area contributed by atoms with Crippen LogP contribution in [-0.4, -0.2) is 65.6 Å². The van der Waals surface area contributed by atoms with Crippen molar-refractivity contribution in [3.8, 4) is 28.8 Å². The van der Waals surface area contributed by atoms with E-state index >= 15 is 0 Å². The Labute approximate surface area is 177 Å². The van der Waals surface area contributed by atoms with E-state index in [0.717, 1.165) is 23.9 Å². The highest BCUT2D eigenvalue weighted by atomic mass is 32.1. The summed E-state index contributed by atoms with van der Waals surface area (Å²) in [6.45, 7) is 3.12. The predicted molar refractivity (Wildman–Crippen MR) is 110 cm³/mol. The van der Waals surface area contributed by atoms with Crippen LogP contribution in [0.5, 0.6) is 5.75 Å². The number of hydrogen-bond donors (Lipinski definition) is 3. The van der Waals surface area contributed by atoms with E-state index in [4.69, 9.17) is 15.6 Å². The monoisotopic (exact) mass is 435 g/mol. The Morgan fingerprint density at radius 3 is 2.77 bits per heavy atom. The summed E-state index contributed by atoms with van der Waals surface area (Å²) < 4.78 is 19.6. The minimum atomic E-state index is -1.53. The smallest absolute Gasteiger partial charge is 0.277 e. The van der Waals surface area contributed by atoms with Crippen molar-refractivity contribution < 1.29 is 28.9 Å². The predicted octanol–water partition coefficient (Wildman–Crippen LogP) is 0.953. The van der Waals surface area contributed by atoms with Crippen LogP contribution >= 0.6 is 11.3 Å². The molecule has 2 heterocycles. The number of aliphatic hydroxyl groups is 2. The number of ether oxygens (including phenoxy) is 1. The molecular formula is C20H22FN3O5S. The molecular weight excluding hydrogens is 413 g/mol. The first-order valence-electron chi connectivity index (χ1n) is 8.92. The molecule has 0 bridgehead atoms. The molecule has 160 valence electrons. The van der Waals surface area contributed by atoms with E-state index in [1.54, 1.807) is 0 Å². The normalized spacial score (nSPS) is 15.2. The van der Waals surface area contributed by atoms with Crippen LogP contribution in [0.15, 0.2) is 12.1 Å². The van der Waals surface area contributed by atoms with Gasteiger partial charge in [-0.2, -0.15) is 0 Å². The highest BCUT2D eigenvalue weighted by Gasteiger charge is 2.28. The molecule has 1 amide bonds. The van der Waals surface area contributed by atoms with Crippen molar-refractivity contribution in [3.63, 3.8) is 0 Å². The van der Waals surface area contributed by atoms with Crippen LogP contribution in [0.2, 0.25) is 0 Å². The third-order valence-corrected chi connectivity index (χ3v) is 5.18. The average Bonchev–Trinajstić information content (AvgIpc) is 3.12.